The van der Waals surface area contributed by atoms with Crippen molar-refractivity contribution in [3.05, 3.63) is 167 Å². The maximum atomic E-state index is 5.16. The van der Waals surface area contributed by atoms with E-state index in [1.54, 1.807) is 5.57 Å². The van der Waals surface area contributed by atoms with Gasteiger partial charge in [0.05, 0.1) is 0 Å². The number of aromatic nitrogens is 3. The van der Waals surface area contributed by atoms with E-state index in [-0.39, 0.29) is 16.7 Å². The molecule has 0 saturated heterocycles. The molecule has 0 aliphatic heterocycles. The fourth-order valence-corrected chi connectivity index (χ4v) is 11.0. The van der Waals surface area contributed by atoms with E-state index in [2.05, 4.69) is 156 Å². The summed E-state index contributed by atoms with van der Waals surface area (Å²) in [6, 6.07) is 26.2. The summed E-state index contributed by atoms with van der Waals surface area (Å²) in [6.07, 6.45) is 27.3. The van der Waals surface area contributed by atoms with Crippen molar-refractivity contribution in [2.45, 2.75) is 78.1 Å². The standard InChI is InChI=1S/C52H51N3/c1-32-12-11-17-44-47(32)42-29-27-39(31-46(42)52(44,4)5)34-20-24-37(25-21-34)50-54-48(35-13-7-6-8-14-35)53-49(55-50)36-22-18-33(19-23-36)38-26-28-41-40-15-9-10-16-43(40)51(2,3)45(41)30-38/h6-8,10-11,13-14,16-24,26-28,30-32,37,42,44,47H,9,12,15,25,29H2,1-5H3. The Balaban J connectivity index is 0.928. The maximum Gasteiger partial charge on any atom is 0.163 e. The molecule has 1 aromatic heterocycles. The van der Waals surface area contributed by atoms with Gasteiger partial charge in [-0.1, -0.05) is 162 Å². The molecule has 6 aliphatic carbocycles. The molecule has 3 aromatic carbocycles. The minimum Gasteiger partial charge on any atom is -0.212 e. The van der Waals surface area contributed by atoms with Crippen LogP contribution in [0.5, 0.6) is 0 Å². The molecule has 10 rings (SSSR count). The van der Waals surface area contributed by atoms with Crippen molar-refractivity contribution in [2.75, 3.05) is 0 Å². The fourth-order valence-electron chi connectivity index (χ4n) is 11.0. The van der Waals surface area contributed by atoms with Gasteiger partial charge in [0, 0.05) is 22.5 Å². The summed E-state index contributed by atoms with van der Waals surface area (Å²) in [6.45, 7) is 12.2. The zero-order chi connectivity index (χ0) is 37.5. The molecule has 0 N–H and O–H groups in total. The van der Waals surface area contributed by atoms with Gasteiger partial charge in [-0.25, -0.2) is 15.0 Å². The lowest BCUT2D eigenvalue weighted by Gasteiger charge is -2.34. The summed E-state index contributed by atoms with van der Waals surface area (Å²) in [7, 11) is 0. The molecular formula is C52H51N3. The van der Waals surface area contributed by atoms with Crippen LogP contribution < -0.4 is 0 Å². The summed E-state index contributed by atoms with van der Waals surface area (Å²) in [5, 5.41) is 0. The van der Waals surface area contributed by atoms with E-state index in [0.29, 0.717) is 11.8 Å². The van der Waals surface area contributed by atoms with Crippen LogP contribution in [0.3, 0.4) is 0 Å². The Kier molecular flexibility index (Phi) is 8.10. The molecule has 6 aliphatic rings. The SMILES string of the molecule is CC1CC=CC2C1C1CC=C(C3=CCC(c4nc(-c5ccccc5)nc(-c5ccc(-c6ccc7c(c6)C(C)(C)C6=C7CCC=C6)cc5)n4)C=C3)C=C1C2(C)C. The first kappa shape index (κ1) is 34.3. The van der Waals surface area contributed by atoms with Gasteiger partial charge in [-0.2, -0.15) is 0 Å². The molecule has 1 fully saturated rings. The van der Waals surface area contributed by atoms with Crippen molar-refractivity contribution in [3.63, 3.8) is 0 Å². The Hall–Kier alpha value is -5.15. The smallest absolute Gasteiger partial charge is 0.163 e. The number of rotatable bonds is 5. The molecule has 4 aromatic rings. The van der Waals surface area contributed by atoms with Crippen molar-refractivity contribution < 1.29 is 0 Å². The second-order valence-corrected chi connectivity index (χ2v) is 17.9. The lowest BCUT2D eigenvalue weighted by molar-refractivity contribution is 0.198. The minimum atomic E-state index is 0.0198. The highest BCUT2D eigenvalue weighted by Gasteiger charge is 2.53. The summed E-state index contributed by atoms with van der Waals surface area (Å²) < 4.78 is 0. The molecule has 3 heteroatoms. The van der Waals surface area contributed by atoms with Gasteiger partial charge in [0.2, 0.25) is 0 Å². The Morgan fingerprint density at radius 3 is 2.16 bits per heavy atom. The predicted octanol–water partition coefficient (Wildman–Crippen LogP) is 13.0. The zero-order valence-corrected chi connectivity index (χ0v) is 32.9. The second kappa shape index (κ2) is 13.0. The normalized spacial score (nSPS) is 26.8. The van der Waals surface area contributed by atoms with Crippen LogP contribution in [0.2, 0.25) is 0 Å². The molecule has 55 heavy (non-hydrogen) atoms. The van der Waals surface area contributed by atoms with Crippen molar-refractivity contribution >= 4 is 5.57 Å². The second-order valence-electron chi connectivity index (χ2n) is 17.9. The number of fused-ring (bicyclic) bond motifs is 5. The van der Waals surface area contributed by atoms with Crippen LogP contribution in [0.15, 0.2) is 150 Å². The minimum absolute atomic E-state index is 0.0198. The average Bonchev–Trinajstić information content (AvgIpc) is 3.60. The highest BCUT2D eigenvalue weighted by atomic mass is 15.0. The topological polar surface area (TPSA) is 38.7 Å². The largest absolute Gasteiger partial charge is 0.212 e. The Morgan fingerprint density at radius 1 is 0.673 bits per heavy atom. The van der Waals surface area contributed by atoms with Gasteiger partial charge in [0.15, 0.2) is 11.6 Å². The third-order valence-electron chi connectivity index (χ3n) is 14.1. The van der Waals surface area contributed by atoms with Gasteiger partial charge >= 0.3 is 0 Å². The van der Waals surface area contributed by atoms with Gasteiger partial charge in [-0.15, -0.1) is 0 Å². The number of hydrogen-bond acceptors (Lipinski definition) is 3. The first-order valence-corrected chi connectivity index (χ1v) is 20.6. The van der Waals surface area contributed by atoms with E-state index < -0.39 is 0 Å². The van der Waals surface area contributed by atoms with E-state index >= 15 is 0 Å². The monoisotopic (exact) mass is 717 g/mol. The molecule has 5 atom stereocenters. The molecule has 274 valence electrons. The molecule has 0 bridgehead atoms. The molecule has 3 nitrogen and oxygen atoms in total. The van der Waals surface area contributed by atoms with Crippen LogP contribution in [0.25, 0.3) is 39.5 Å². The molecule has 5 unspecified atom stereocenters. The van der Waals surface area contributed by atoms with Crippen LogP contribution in [-0.4, -0.2) is 15.0 Å². The van der Waals surface area contributed by atoms with Gasteiger partial charge in [-0.05, 0) is 112 Å². The van der Waals surface area contributed by atoms with Crippen LogP contribution in [0.4, 0.5) is 0 Å². The molecule has 0 spiro atoms. The van der Waals surface area contributed by atoms with Crippen LogP contribution in [0, 0.1) is 29.1 Å². The lowest BCUT2D eigenvalue weighted by atomic mass is 9.70. The molecule has 1 heterocycles. The highest BCUT2D eigenvalue weighted by molar-refractivity contribution is 5.85. The number of hydrogen-bond donors (Lipinski definition) is 0. The van der Waals surface area contributed by atoms with E-state index in [4.69, 9.17) is 15.0 Å². The van der Waals surface area contributed by atoms with E-state index in [9.17, 15) is 0 Å². The fraction of sp³-hybridized carbons (Fsp3) is 0.327. The lowest BCUT2D eigenvalue weighted by Crippen LogP contribution is -2.28. The third kappa shape index (κ3) is 5.64. The summed E-state index contributed by atoms with van der Waals surface area (Å²) in [4.78, 5) is 15.3. The molecule has 0 radical (unpaired) electrons. The molecular weight excluding hydrogens is 667 g/mol. The number of allylic oxidation sites excluding steroid dienone is 14. The van der Waals surface area contributed by atoms with Crippen LogP contribution >= 0.6 is 0 Å². The quantitative estimate of drug-likeness (QED) is 0.193. The van der Waals surface area contributed by atoms with Gasteiger partial charge in [0.1, 0.15) is 5.82 Å². The zero-order valence-electron chi connectivity index (χ0n) is 32.9. The number of benzene rings is 3. The van der Waals surface area contributed by atoms with E-state index in [0.717, 1.165) is 66.1 Å². The summed E-state index contributed by atoms with van der Waals surface area (Å²) >= 11 is 0. The van der Waals surface area contributed by atoms with Gasteiger partial charge in [0.25, 0.3) is 0 Å². The Bertz CT molecular complexity index is 2430. The first-order chi connectivity index (χ1) is 26.7. The average molecular weight is 718 g/mol. The van der Waals surface area contributed by atoms with Crippen molar-refractivity contribution in [1.82, 2.24) is 15.0 Å². The first-order valence-electron chi connectivity index (χ1n) is 20.6. The molecule has 1 saturated carbocycles. The Labute approximate surface area is 327 Å². The van der Waals surface area contributed by atoms with Gasteiger partial charge < -0.3 is 0 Å². The van der Waals surface area contributed by atoms with Crippen LogP contribution in [-0.2, 0) is 5.41 Å². The van der Waals surface area contributed by atoms with Crippen molar-refractivity contribution in [3.8, 4) is 33.9 Å². The van der Waals surface area contributed by atoms with Gasteiger partial charge in [-0.3, -0.25) is 0 Å². The maximum absolute atomic E-state index is 5.16. The van der Waals surface area contributed by atoms with Crippen molar-refractivity contribution in [1.29, 1.82) is 0 Å². The van der Waals surface area contributed by atoms with E-state index in [1.807, 2.05) is 6.07 Å². The summed E-state index contributed by atoms with van der Waals surface area (Å²) in [5.74, 6) is 5.15. The van der Waals surface area contributed by atoms with Crippen molar-refractivity contribution in [2.24, 2.45) is 29.1 Å². The Morgan fingerprint density at radius 2 is 1.40 bits per heavy atom. The van der Waals surface area contributed by atoms with Crippen LogP contribution in [0.1, 0.15) is 89.6 Å². The van der Waals surface area contributed by atoms with E-state index in [1.165, 1.54) is 51.0 Å². The highest BCUT2D eigenvalue weighted by Crippen LogP contribution is 2.61. The predicted molar refractivity (Wildman–Crippen MR) is 227 cm³/mol. The third-order valence-corrected chi connectivity index (χ3v) is 14.1. The number of nitrogens with zero attached hydrogens (tertiary/aromatic N) is 3. The summed E-state index contributed by atoms with van der Waals surface area (Å²) in [5.41, 5.74) is 14.9. The molecule has 0 amide bonds.